The number of hydrogen-bond acceptors (Lipinski definition) is 5. The van der Waals surface area contributed by atoms with Crippen LogP contribution in [0.25, 0.3) is 10.2 Å². The number of benzene rings is 2. The van der Waals surface area contributed by atoms with Crippen molar-refractivity contribution in [3.63, 3.8) is 0 Å². The van der Waals surface area contributed by atoms with E-state index in [4.69, 9.17) is 0 Å². The normalized spacial score (nSPS) is 16.7. The molecule has 1 saturated heterocycles. The van der Waals surface area contributed by atoms with E-state index in [0.717, 1.165) is 41.4 Å². The van der Waals surface area contributed by atoms with Gasteiger partial charge in [-0.25, -0.2) is 13.1 Å². The van der Waals surface area contributed by atoms with Crippen LogP contribution in [0.1, 0.15) is 45.2 Å². The van der Waals surface area contributed by atoms with Gasteiger partial charge in [-0.15, -0.1) is 0 Å². The standard InChI is InChI=1S/C23H29N3O3S2/c1-4-26-21-10-9-20(15-22(21)30-23(26)27)31(28,29)24-17(3)18-5-7-19(8-6-18)25-13-11-16(2)12-14-25/h5-10,15-17,24H,4,11-14H2,1-3H3/t17-/m1/s1. The van der Waals surface area contributed by atoms with Crippen molar-refractivity contribution in [3.8, 4) is 0 Å². The lowest BCUT2D eigenvalue weighted by Gasteiger charge is -2.32. The van der Waals surface area contributed by atoms with Gasteiger partial charge in [-0.1, -0.05) is 30.4 Å². The van der Waals surface area contributed by atoms with Crippen LogP contribution in [0.4, 0.5) is 5.69 Å². The number of aromatic nitrogens is 1. The first kappa shape index (κ1) is 22.0. The van der Waals surface area contributed by atoms with Crippen LogP contribution in [-0.2, 0) is 16.6 Å². The van der Waals surface area contributed by atoms with Crippen molar-refractivity contribution in [1.82, 2.24) is 9.29 Å². The van der Waals surface area contributed by atoms with Crippen molar-refractivity contribution in [2.45, 2.75) is 51.1 Å². The maximum absolute atomic E-state index is 13.0. The number of anilines is 1. The van der Waals surface area contributed by atoms with E-state index in [2.05, 4.69) is 28.7 Å². The Labute approximate surface area is 187 Å². The lowest BCUT2D eigenvalue weighted by molar-refractivity contribution is 0.438. The molecule has 0 aliphatic carbocycles. The molecule has 8 heteroatoms. The van der Waals surface area contributed by atoms with Gasteiger partial charge < -0.3 is 4.90 Å². The third-order valence-electron chi connectivity index (χ3n) is 6.14. The maximum atomic E-state index is 13.0. The molecule has 1 aliphatic rings. The molecule has 1 N–H and O–H groups in total. The van der Waals surface area contributed by atoms with E-state index in [1.54, 1.807) is 22.8 Å². The molecule has 2 heterocycles. The first-order chi connectivity index (χ1) is 14.8. The number of sulfonamides is 1. The zero-order chi connectivity index (χ0) is 22.2. The van der Waals surface area contributed by atoms with E-state index in [-0.39, 0.29) is 15.8 Å². The van der Waals surface area contributed by atoms with Gasteiger partial charge in [-0.2, -0.15) is 0 Å². The van der Waals surface area contributed by atoms with Crippen LogP contribution in [0.15, 0.2) is 52.2 Å². The van der Waals surface area contributed by atoms with E-state index < -0.39 is 10.0 Å². The molecule has 2 aromatic carbocycles. The number of nitrogens with zero attached hydrogens (tertiary/aromatic N) is 2. The summed E-state index contributed by atoms with van der Waals surface area (Å²) in [5, 5.41) is 0. The second-order valence-electron chi connectivity index (χ2n) is 8.35. The van der Waals surface area contributed by atoms with Crippen LogP contribution >= 0.6 is 11.3 Å². The molecule has 0 radical (unpaired) electrons. The third-order valence-corrected chi connectivity index (χ3v) is 8.62. The van der Waals surface area contributed by atoms with Crippen LogP contribution < -0.4 is 14.5 Å². The van der Waals surface area contributed by atoms with Gasteiger partial charge in [0.1, 0.15) is 0 Å². The number of fused-ring (bicyclic) bond motifs is 1. The second-order valence-corrected chi connectivity index (χ2v) is 11.1. The van der Waals surface area contributed by atoms with E-state index >= 15 is 0 Å². The highest BCUT2D eigenvalue weighted by molar-refractivity contribution is 7.89. The van der Waals surface area contributed by atoms with Gasteiger partial charge in [-0.05, 0) is 68.5 Å². The average Bonchev–Trinajstić information content (AvgIpc) is 3.08. The molecule has 1 aliphatic heterocycles. The minimum Gasteiger partial charge on any atom is -0.372 e. The van der Waals surface area contributed by atoms with Gasteiger partial charge in [-0.3, -0.25) is 9.36 Å². The van der Waals surface area contributed by atoms with Gasteiger partial charge in [0.2, 0.25) is 10.0 Å². The molecule has 166 valence electrons. The summed E-state index contributed by atoms with van der Waals surface area (Å²) in [5.41, 5.74) is 2.87. The number of nitrogens with one attached hydrogen (secondary N) is 1. The summed E-state index contributed by atoms with van der Waals surface area (Å²) in [6.07, 6.45) is 2.41. The van der Waals surface area contributed by atoms with Crippen molar-refractivity contribution in [2.75, 3.05) is 18.0 Å². The highest BCUT2D eigenvalue weighted by Crippen LogP contribution is 2.26. The molecular weight excluding hydrogens is 430 g/mol. The number of hydrogen-bond donors (Lipinski definition) is 1. The fourth-order valence-corrected chi connectivity index (χ4v) is 6.45. The molecule has 0 spiro atoms. The quantitative estimate of drug-likeness (QED) is 0.595. The first-order valence-electron chi connectivity index (χ1n) is 10.8. The van der Waals surface area contributed by atoms with E-state index in [0.29, 0.717) is 11.2 Å². The number of piperidine rings is 1. The van der Waals surface area contributed by atoms with Crippen LogP contribution in [0, 0.1) is 5.92 Å². The molecule has 0 unspecified atom stereocenters. The summed E-state index contributed by atoms with van der Waals surface area (Å²) in [4.78, 5) is 14.6. The number of aryl methyl sites for hydroxylation is 1. The number of thiazole rings is 1. The Morgan fingerprint density at radius 2 is 1.81 bits per heavy atom. The predicted molar refractivity (Wildman–Crippen MR) is 128 cm³/mol. The zero-order valence-corrected chi connectivity index (χ0v) is 19.8. The molecule has 31 heavy (non-hydrogen) atoms. The van der Waals surface area contributed by atoms with Crippen LogP contribution in [-0.4, -0.2) is 26.1 Å². The van der Waals surface area contributed by atoms with Crippen molar-refractivity contribution in [3.05, 3.63) is 57.7 Å². The summed E-state index contributed by atoms with van der Waals surface area (Å²) in [6, 6.07) is 12.6. The molecule has 6 nitrogen and oxygen atoms in total. The molecule has 1 fully saturated rings. The Kier molecular flexibility index (Phi) is 6.23. The topological polar surface area (TPSA) is 71.4 Å². The molecule has 0 bridgehead atoms. The van der Waals surface area contributed by atoms with Crippen LogP contribution in [0.3, 0.4) is 0 Å². The Hall–Kier alpha value is -2.16. The van der Waals surface area contributed by atoms with Gasteiger partial charge in [0.05, 0.1) is 15.1 Å². The molecule has 1 atom stereocenters. The Morgan fingerprint density at radius 3 is 2.45 bits per heavy atom. The fourth-order valence-electron chi connectivity index (χ4n) is 4.12. The summed E-state index contributed by atoms with van der Waals surface area (Å²) < 4.78 is 31.0. The van der Waals surface area contributed by atoms with E-state index in [1.165, 1.54) is 18.5 Å². The van der Waals surface area contributed by atoms with Crippen LogP contribution in [0.2, 0.25) is 0 Å². The molecular formula is C23H29N3O3S2. The lowest BCUT2D eigenvalue weighted by atomic mass is 9.98. The Morgan fingerprint density at radius 1 is 1.13 bits per heavy atom. The minimum atomic E-state index is -3.71. The summed E-state index contributed by atoms with van der Waals surface area (Å²) >= 11 is 1.07. The predicted octanol–water partition coefficient (Wildman–Crippen LogP) is 4.36. The highest BCUT2D eigenvalue weighted by Gasteiger charge is 2.21. The lowest BCUT2D eigenvalue weighted by Crippen LogP contribution is -2.32. The minimum absolute atomic E-state index is 0.0726. The van der Waals surface area contributed by atoms with Crippen LogP contribution in [0.5, 0.6) is 0 Å². The zero-order valence-electron chi connectivity index (χ0n) is 18.2. The van der Waals surface area contributed by atoms with Gasteiger partial charge in [0.15, 0.2) is 0 Å². The van der Waals surface area contributed by atoms with Gasteiger partial charge in [0.25, 0.3) is 0 Å². The first-order valence-corrected chi connectivity index (χ1v) is 13.1. The maximum Gasteiger partial charge on any atom is 0.308 e. The summed E-state index contributed by atoms with van der Waals surface area (Å²) in [6.45, 7) is 8.74. The molecule has 0 saturated carbocycles. The van der Waals surface area contributed by atoms with Crippen molar-refractivity contribution in [2.24, 2.45) is 5.92 Å². The third kappa shape index (κ3) is 4.56. The fraction of sp³-hybridized carbons (Fsp3) is 0.435. The smallest absolute Gasteiger partial charge is 0.308 e. The monoisotopic (exact) mass is 459 g/mol. The van der Waals surface area contributed by atoms with E-state index in [9.17, 15) is 13.2 Å². The Bertz CT molecular complexity index is 1220. The largest absolute Gasteiger partial charge is 0.372 e. The molecule has 4 rings (SSSR count). The molecule has 3 aromatic rings. The average molecular weight is 460 g/mol. The molecule has 0 amide bonds. The van der Waals surface area contributed by atoms with Crippen molar-refractivity contribution in [1.29, 1.82) is 0 Å². The Balaban J connectivity index is 1.50. The summed E-state index contributed by atoms with van der Waals surface area (Å²) in [7, 11) is -3.71. The summed E-state index contributed by atoms with van der Waals surface area (Å²) in [5.74, 6) is 0.783. The van der Waals surface area contributed by atoms with E-state index in [1.807, 2.05) is 26.0 Å². The SMILES string of the molecule is CCn1c(=O)sc2cc(S(=O)(=O)N[C@H](C)c3ccc(N4CCC(C)CC4)cc3)ccc21. The van der Waals surface area contributed by atoms with Crippen molar-refractivity contribution < 1.29 is 8.42 Å². The number of rotatable bonds is 6. The molecule has 1 aromatic heterocycles. The second kappa shape index (κ2) is 8.76. The van der Waals surface area contributed by atoms with Gasteiger partial charge >= 0.3 is 4.87 Å². The van der Waals surface area contributed by atoms with Crippen molar-refractivity contribution >= 4 is 37.3 Å². The van der Waals surface area contributed by atoms with Gasteiger partial charge in [0, 0.05) is 31.4 Å². The highest BCUT2D eigenvalue weighted by atomic mass is 32.2.